The van der Waals surface area contributed by atoms with Gasteiger partial charge in [0, 0.05) is 0 Å². The van der Waals surface area contributed by atoms with Crippen molar-refractivity contribution < 1.29 is 14.3 Å². The third-order valence-corrected chi connectivity index (χ3v) is 2.29. The highest BCUT2D eigenvalue weighted by molar-refractivity contribution is 6.29. The second kappa shape index (κ2) is 4.40. The van der Waals surface area contributed by atoms with Gasteiger partial charge in [-0.25, -0.2) is 0 Å². The third-order valence-electron chi connectivity index (χ3n) is 2.04. The summed E-state index contributed by atoms with van der Waals surface area (Å²) in [4.78, 5) is 22.3. The summed E-state index contributed by atoms with van der Waals surface area (Å²) >= 11 is 5.38. The zero-order chi connectivity index (χ0) is 11.5. The van der Waals surface area contributed by atoms with E-state index in [0.29, 0.717) is 17.1 Å². The quantitative estimate of drug-likeness (QED) is 0.764. The SMILES string of the molecule is O=C(CCl)Nc1cccc2c1NC(=O)CO2. The topological polar surface area (TPSA) is 67.4 Å². The van der Waals surface area contributed by atoms with Gasteiger partial charge in [-0.2, -0.15) is 0 Å². The molecule has 1 aromatic carbocycles. The van der Waals surface area contributed by atoms with E-state index in [9.17, 15) is 9.59 Å². The van der Waals surface area contributed by atoms with E-state index in [4.69, 9.17) is 16.3 Å². The van der Waals surface area contributed by atoms with E-state index >= 15 is 0 Å². The van der Waals surface area contributed by atoms with E-state index < -0.39 is 0 Å². The number of fused-ring (bicyclic) bond motifs is 1. The predicted octanol–water partition coefficient (Wildman–Crippen LogP) is 1.19. The molecule has 0 fully saturated rings. The molecule has 0 bridgehead atoms. The van der Waals surface area contributed by atoms with E-state index in [2.05, 4.69) is 10.6 Å². The van der Waals surface area contributed by atoms with Crippen LogP contribution in [0.3, 0.4) is 0 Å². The summed E-state index contributed by atoms with van der Waals surface area (Å²) in [5.74, 6) is -0.194. The van der Waals surface area contributed by atoms with Gasteiger partial charge in [0.05, 0.1) is 5.69 Å². The Morgan fingerprint density at radius 3 is 3.12 bits per heavy atom. The number of para-hydroxylation sites is 1. The Morgan fingerprint density at radius 1 is 1.56 bits per heavy atom. The van der Waals surface area contributed by atoms with Gasteiger partial charge in [0.25, 0.3) is 5.91 Å². The summed E-state index contributed by atoms with van der Waals surface area (Å²) in [6.07, 6.45) is 0. The molecule has 1 aromatic rings. The lowest BCUT2D eigenvalue weighted by atomic mass is 10.2. The van der Waals surface area contributed by atoms with Crippen LogP contribution in [0.15, 0.2) is 18.2 Å². The molecule has 0 unspecified atom stereocenters. The number of hydrogen-bond donors (Lipinski definition) is 2. The highest BCUT2D eigenvalue weighted by Gasteiger charge is 2.19. The summed E-state index contributed by atoms with van der Waals surface area (Å²) in [5, 5.41) is 5.21. The summed E-state index contributed by atoms with van der Waals surface area (Å²) in [7, 11) is 0. The molecule has 84 valence electrons. The zero-order valence-corrected chi connectivity index (χ0v) is 9.00. The lowest BCUT2D eigenvalue weighted by Crippen LogP contribution is -2.26. The van der Waals surface area contributed by atoms with Crippen LogP contribution in [0.25, 0.3) is 0 Å². The number of anilines is 2. The Labute approximate surface area is 96.7 Å². The van der Waals surface area contributed by atoms with E-state index in [1.165, 1.54) is 0 Å². The molecule has 2 N–H and O–H groups in total. The first-order valence-corrected chi connectivity index (χ1v) is 5.15. The summed E-state index contributed by atoms with van der Waals surface area (Å²) in [5.41, 5.74) is 0.952. The van der Waals surface area contributed by atoms with E-state index in [0.717, 1.165) is 0 Å². The molecule has 0 saturated carbocycles. The van der Waals surface area contributed by atoms with E-state index in [-0.39, 0.29) is 24.3 Å². The summed E-state index contributed by atoms with van der Waals surface area (Å²) < 4.78 is 5.20. The Hall–Kier alpha value is -1.75. The van der Waals surface area contributed by atoms with Crippen LogP contribution in [0.1, 0.15) is 0 Å². The molecule has 0 saturated heterocycles. The standard InChI is InChI=1S/C10H9ClN2O3/c11-4-8(14)12-6-2-1-3-7-10(6)13-9(15)5-16-7/h1-3H,4-5H2,(H,12,14)(H,13,15). The molecular formula is C10H9ClN2O3. The molecule has 0 aromatic heterocycles. The maximum Gasteiger partial charge on any atom is 0.262 e. The van der Waals surface area contributed by atoms with Crippen molar-refractivity contribution in [1.82, 2.24) is 0 Å². The van der Waals surface area contributed by atoms with Crippen molar-refractivity contribution in [3.05, 3.63) is 18.2 Å². The van der Waals surface area contributed by atoms with Crippen LogP contribution in [0.2, 0.25) is 0 Å². The van der Waals surface area contributed by atoms with Crippen LogP contribution in [-0.2, 0) is 9.59 Å². The Balaban J connectivity index is 2.32. The zero-order valence-electron chi connectivity index (χ0n) is 8.25. The van der Waals surface area contributed by atoms with Gasteiger partial charge in [0.1, 0.15) is 17.3 Å². The van der Waals surface area contributed by atoms with Crippen molar-refractivity contribution in [1.29, 1.82) is 0 Å². The minimum Gasteiger partial charge on any atom is -0.481 e. The van der Waals surface area contributed by atoms with Crippen LogP contribution in [0, 0.1) is 0 Å². The minimum absolute atomic E-state index is 0.0140. The van der Waals surface area contributed by atoms with Gasteiger partial charge in [0.15, 0.2) is 6.61 Å². The molecule has 1 aliphatic rings. The van der Waals surface area contributed by atoms with Crippen LogP contribution < -0.4 is 15.4 Å². The fraction of sp³-hybridized carbons (Fsp3) is 0.200. The molecule has 6 heteroatoms. The van der Waals surface area contributed by atoms with Crippen molar-refractivity contribution in [3.63, 3.8) is 0 Å². The number of rotatable bonds is 2. The highest BCUT2D eigenvalue weighted by Crippen LogP contribution is 2.34. The number of amides is 2. The van der Waals surface area contributed by atoms with Crippen molar-refractivity contribution >= 4 is 34.8 Å². The van der Waals surface area contributed by atoms with Crippen molar-refractivity contribution in [3.8, 4) is 5.75 Å². The first-order valence-electron chi connectivity index (χ1n) is 4.62. The van der Waals surface area contributed by atoms with Crippen LogP contribution in [0.4, 0.5) is 11.4 Å². The van der Waals surface area contributed by atoms with Crippen LogP contribution in [0.5, 0.6) is 5.75 Å². The normalized spacial score (nSPS) is 13.4. The summed E-state index contributed by atoms with van der Waals surface area (Å²) in [6.45, 7) is -0.0140. The number of nitrogens with one attached hydrogen (secondary N) is 2. The molecule has 2 rings (SSSR count). The van der Waals surface area contributed by atoms with Gasteiger partial charge in [-0.15, -0.1) is 11.6 Å². The molecule has 0 aliphatic carbocycles. The molecule has 0 spiro atoms. The fourth-order valence-corrected chi connectivity index (χ4v) is 1.45. The molecular weight excluding hydrogens is 232 g/mol. The van der Waals surface area contributed by atoms with Crippen molar-refractivity contribution in [2.24, 2.45) is 0 Å². The predicted molar refractivity (Wildman–Crippen MR) is 59.9 cm³/mol. The third kappa shape index (κ3) is 2.09. The monoisotopic (exact) mass is 240 g/mol. The van der Waals surface area contributed by atoms with Gasteiger partial charge in [-0.1, -0.05) is 6.07 Å². The highest BCUT2D eigenvalue weighted by atomic mass is 35.5. The largest absolute Gasteiger partial charge is 0.481 e. The molecule has 16 heavy (non-hydrogen) atoms. The Morgan fingerprint density at radius 2 is 2.38 bits per heavy atom. The fourth-order valence-electron chi connectivity index (χ4n) is 1.39. The Kier molecular flexibility index (Phi) is 2.96. The van der Waals surface area contributed by atoms with Crippen molar-refractivity contribution in [2.45, 2.75) is 0 Å². The second-order valence-corrected chi connectivity index (χ2v) is 3.46. The first kappa shape index (κ1) is 10.8. The maximum atomic E-state index is 11.2. The van der Waals surface area contributed by atoms with Crippen LogP contribution in [-0.4, -0.2) is 24.3 Å². The minimum atomic E-state index is -0.338. The van der Waals surface area contributed by atoms with E-state index in [1.807, 2.05) is 0 Å². The second-order valence-electron chi connectivity index (χ2n) is 3.20. The maximum absolute atomic E-state index is 11.2. The molecule has 0 atom stereocenters. The molecule has 2 amide bonds. The van der Waals surface area contributed by atoms with Crippen LogP contribution >= 0.6 is 11.6 Å². The average Bonchev–Trinajstić information content (AvgIpc) is 2.29. The number of carbonyl (C=O) groups is 2. The summed E-state index contributed by atoms with van der Waals surface area (Å²) in [6, 6.07) is 5.10. The smallest absolute Gasteiger partial charge is 0.262 e. The van der Waals surface area contributed by atoms with Gasteiger partial charge in [-0.05, 0) is 12.1 Å². The average molecular weight is 241 g/mol. The lowest BCUT2D eigenvalue weighted by molar-refractivity contribution is -0.118. The molecule has 1 heterocycles. The van der Waals surface area contributed by atoms with Crippen molar-refractivity contribution in [2.75, 3.05) is 23.1 Å². The number of ether oxygens (including phenoxy) is 1. The van der Waals surface area contributed by atoms with Gasteiger partial charge in [0.2, 0.25) is 5.91 Å². The lowest BCUT2D eigenvalue weighted by Gasteiger charge is -2.20. The number of alkyl halides is 1. The molecule has 1 aliphatic heterocycles. The molecule has 5 nitrogen and oxygen atoms in total. The number of carbonyl (C=O) groups excluding carboxylic acids is 2. The number of benzene rings is 1. The van der Waals surface area contributed by atoms with Gasteiger partial charge in [-0.3, -0.25) is 9.59 Å². The van der Waals surface area contributed by atoms with Gasteiger partial charge >= 0.3 is 0 Å². The number of hydrogen-bond acceptors (Lipinski definition) is 3. The number of halogens is 1. The van der Waals surface area contributed by atoms with Gasteiger partial charge < -0.3 is 15.4 Å². The Bertz CT molecular complexity index is 448. The first-order chi connectivity index (χ1) is 7.70. The van der Waals surface area contributed by atoms with E-state index in [1.54, 1.807) is 18.2 Å². The molecule has 0 radical (unpaired) electrons.